The maximum absolute atomic E-state index is 13.9. The highest BCUT2D eigenvalue weighted by Gasteiger charge is 2.74. The van der Waals surface area contributed by atoms with E-state index in [-0.39, 0.29) is 11.1 Å². The van der Waals surface area contributed by atoms with Crippen molar-refractivity contribution in [1.29, 1.82) is 0 Å². The molecule has 3 aromatic rings. The number of carbonyl (C=O) groups is 4. The van der Waals surface area contributed by atoms with Crippen LogP contribution in [0.3, 0.4) is 0 Å². The highest BCUT2D eigenvalue weighted by atomic mass is 16.5. The smallest absolute Gasteiger partial charge is 0.241 e. The summed E-state index contributed by atoms with van der Waals surface area (Å²) >= 11 is 0. The van der Waals surface area contributed by atoms with Crippen molar-refractivity contribution in [3.05, 3.63) is 101 Å². The lowest BCUT2D eigenvalue weighted by atomic mass is 9.77. The molecule has 3 atom stereocenters. The Labute approximate surface area is 196 Å². The molecule has 2 saturated heterocycles. The lowest BCUT2D eigenvalue weighted by Gasteiger charge is -2.27. The molecule has 2 aliphatic heterocycles. The minimum absolute atomic E-state index is 0.227. The summed E-state index contributed by atoms with van der Waals surface area (Å²) < 4.78 is 6.27. The molecule has 0 bridgehead atoms. The molecule has 0 N–H and O–H groups in total. The third-order valence-electron chi connectivity index (χ3n) is 7.40. The van der Waals surface area contributed by atoms with Gasteiger partial charge in [-0.3, -0.25) is 19.2 Å². The predicted octanol–water partition coefficient (Wildman–Crippen LogP) is 4.00. The number of carbonyl (C=O) groups excluding carboxylic acids is 4. The number of rotatable bonds is 2. The molecule has 0 saturated carbocycles. The summed E-state index contributed by atoms with van der Waals surface area (Å²) in [7, 11) is 0. The first-order valence-corrected chi connectivity index (χ1v) is 11.2. The van der Waals surface area contributed by atoms with Crippen LogP contribution >= 0.6 is 0 Å². The van der Waals surface area contributed by atoms with Gasteiger partial charge in [0.05, 0.1) is 23.6 Å². The van der Waals surface area contributed by atoms with Gasteiger partial charge in [-0.15, -0.1) is 0 Å². The molecule has 1 aliphatic carbocycles. The quantitative estimate of drug-likeness (QED) is 0.435. The van der Waals surface area contributed by atoms with Gasteiger partial charge in [0.1, 0.15) is 0 Å². The number of aryl methyl sites for hydroxylation is 2. The number of ketones is 2. The summed E-state index contributed by atoms with van der Waals surface area (Å²) in [5.74, 6) is -4.36. The number of hydrogen-bond donors (Lipinski definition) is 0. The standard InChI is InChI=1S/C28H21NO5/c1-15-12-13-18(14-16(15)2)29-26(32)21-22(27(29)33)28(34-23(21)17-8-4-3-5-9-17)24(30)19-10-6-7-11-20(19)25(28)31/h3-14,21-23H,1-2H3/t21-,22-,23+/m1/s1. The van der Waals surface area contributed by atoms with Gasteiger partial charge in [0.25, 0.3) is 0 Å². The molecule has 34 heavy (non-hydrogen) atoms. The minimum atomic E-state index is -2.05. The van der Waals surface area contributed by atoms with Gasteiger partial charge in [-0.05, 0) is 42.7 Å². The van der Waals surface area contributed by atoms with Crippen LogP contribution in [0.5, 0.6) is 0 Å². The van der Waals surface area contributed by atoms with E-state index < -0.39 is 46.9 Å². The summed E-state index contributed by atoms with van der Waals surface area (Å²) in [6, 6.07) is 20.8. The van der Waals surface area contributed by atoms with Crippen LogP contribution in [0.25, 0.3) is 0 Å². The van der Waals surface area contributed by atoms with Crippen LogP contribution in [0.2, 0.25) is 0 Å². The van der Waals surface area contributed by atoms with Gasteiger partial charge in [-0.1, -0.05) is 60.7 Å². The van der Waals surface area contributed by atoms with Crippen LogP contribution in [0, 0.1) is 25.7 Å². The number of ether oxygens (including phenoxy) is 1. The molecule has 6 heteroatoms. The van der Waals surface area contributed by atoms with Crippen molar-refractivity contribution < 1.29 is 23.9 Å². The average molecular weight is 451 g/mol. The number of amides is 2. The van der Waals surface area contributed by atoms with E-state index >= 15 is 0 Å². The fourth-order valence-electron chi connectivity index (χ4n) is 5.58. The maximum atomic E-state index is 13.9. The first-order chi connectivity index (χ1) is 16.4. The van der Waals surface area contributed by atoms with Gasteiger partial charge in [-0.2, -0.15) is 0 Å². The molecule has 0 aromatic heterocycles. The van der Waals surface area contributed by atoms with Gasteiger partial charge in [0, 0.05) is 11.1 Å². The Kier molecular flexibility index (Phi) is 4.29. The predicted molar refractivity (Wildman–Crippen MR) is 123 cm³/mol. The molecule has 2 fully saturated rings. The summed E-state index contributed by atoms with van der Waals surface area (Å²) in [6.45, 7) is 3.85. The van der Waals surface area contributed by atoms with E-state index in [9.17, 15) is 19.2 Å². The van der Waals surface area contributed by atoms with Crippen molar-refractivity contribution in [2.45, 2.75) is 25.6 Å². The van der Waals surface area contributed by atoms with E-state index in [2.05, 4.69) is 0 Å². The number of fused-ring (bicyclic) bond motifs is 3. The summed E-state index contributed by atoms with van der Waals surface area (Å²) in [5, 5.41) is 0. The Hall–Kier alpha value is -3.90. The number of hydrogen-bond acceptors (Lipinski definition) is 5. The van der Waals surface area contributed by atoms with Gasteiger partial charge >= 0.3 is 0 Å². The number of anilines is 1. The van der Waals surface area contributed by atoms with Crippen molar-refractivity contribution in [3.8, 4) is 0 Å². The van der Waals surface area contributed by atoms with E-state index in [0.29, 0.717) is 11.3 Å². The zero-order chi connectivity index (χ0) is 23.8. The average Bonchev–Trinajstić information content (AvgIpc) is 3.42. The number of nitrogens with zero attached hydrogens (tertiary/aromatic N) is 1. The summed E-state index contributed by atoms with van der Waals surface area (Å²) in [6.07, 6.45) is -0.901. The lowest BCUT2D eigenvalue weighted by molar-refractivity contribution is -0.127. The second-order valence-electron chi connectivity index (χ2n) is 9.17. The highest BCUT2D eigenvalue weighted by Crippen LogP contribution is 2.57. The first kappa shape index (κ1) is 20.7. The third kappa shape index (κ3) is 2.49. The Balaban J connectivity index is 1.55. The Morgan fingerprint density at radius 2 is 1.35 bits per heavy atom. The highest BCUT2D eigenvalue weighted by molar-refractivity contribution is 6.37. The molecule has 0 radical (unpaired) electrons. The van der Waals surface area contributed by atoms with Gasteiger partial charge < -0.3 is 4.74 Å². The molecule has 1 spiro atoms. The number of benzene rings is 3. The van der Waals surface area contributed by atoms with E-state index in [4.69, 9.17) is 4.74 Å². The van der Waals surface area contributed by atoms with Crippen LogP contribution < -0.4 is 4.90 Å². The second kappa shape index (κ2) is 7.05. The molecule has 3 aromatic carbocycles. The molecule has 6 rings (SSSR count). The maximum Gasteiger partial charge on any atom is 0.241 e. The monoisotopic (exact) mass is 451 g/mol. The van der Waals surface area contributed by atoms with E-state index in [1.54, 1.807) is 60.7 Å². The van der Waals surface area contributed by atoms with Gasteiger partial charge in [0.15, 0.2) is 0 Å². The van der Waals surface area contributed by atoms with Crippen molar-refractivity contribution in [1.82, 2.24) is 0 Å². The van der Waals surface area contributed by atoms with Gasteiger partial charge in [-0.25, -0.2) is 4.90 Å². The molecule has 168 valence electrons. The zero-order valence-electron chi connectivity index (χ0n) is 18.6. The van der Waals surface area contributed by atoms with Gasteiger partial charge in [0.2, 0.25) is 29.0 Å². The topological polar surface area (TPSA) is 80.8 Å². The summed E-state index contributed by atoms with van der Waals surface area (Å²) in [4.78, 5) is 56.3. The van der Waals surface area contributed by atoms with Crippen LogP contribution in [0.1, 0.15) is 43.5 Å². The number of Topliss-reactive ketones (excluding diaryl/α,β-unsaturated/α-hetero) is 2. The normalized spacial score (nSPS) is 24.8. The van der Waals surface area contributed by atoms with Crippen molar-refractivity contribution in [2.75, 3.05) is 4.90 Å². The molecule has 0 unspecified atom stereocenters. The zero-order valence-corrected chi connectivity index (χ0v) is 18.6. The van der Waals surface area contributed by atoms with E-state index in [1.807, 2.05) is 26.0 Å². The Morgan fingerprint density at radius 1 is 0.735 bits per heavy atom. The molecule has 2 amide bonds. The minimum Gasteiger partial charge on any atom is -0.349 e. The third-order valence-corrected chi connectivity index (χ3v) is 7.40. The van der Waals surface area contributed by atoms with E-state index in [0.717, 1.165) is 16.0 Å². The molecular weight excluding hydrogens is 430 g/mol. The largest absolute Gasteiger partial charge is 0.349 e. The molecule has 3 aliphatic rings. The fraction of sp³-hybridized carbons (Fsp3) is 0.214. The SMILES string of the molecule is Cc1ccc(N2C(=O)[C@H]3[C@H](c4ccccc4)OC4(C(=O)c5ccccc5C4=O)[C@H]3C2=O)cc1C. The first-order valence-electron chi connectivity index (χ1n) is 11.2. The van der Waals surface area contributed by atoms with E-state index in [1.165, 1.54) is 0 Å². The van der Waals surface area contributed by atoms with Crippen molar-refractivity contribution >= 4 is 29.1 Å². The molecule has 6 nitrogen and oxygen atoms in total. The van der Waals surface area contributed by atoms with Crippen molar-refractivity contribution in [2.24, 2.45) is 11.8 Å². The Morgan fingerprint density at radius 3 is 1.97 bits per heavy atom. The second-order valence-corrected chi connectivity index (χ2v) is 9.17. The van der Waals surface area contributed by atoms with Crippen LogP contribution in [0.15, 0.2) is 72.8 Å². The molecular formula is C28H21NO5. The van der Waals surface area contributed by atoms with Crippen molar-refractivity contribution in [3.63, 3.8) is 0 Å². The molecule has 2 heterocycles. The lowest BCUT2D eigenvalue weighted by Crippen LogP contribution is -2.51. The fourth-order valence-corrected chi connectivity index (χ4v) is 5.58. The summed E-state index contributed by atoms with van der Waals surface area (Å²) in [5.41, 5.74) is 1.45. The van der Waals surface area contributed by atoms with Crippen LogP contribution in [-0.4, -0.2) is 29.0 Å². The number of imide groups is 1. The van der Waals surface area contributed by atoms with Crippen LogP contribution in [0.4, 0.5) is 5.69 Å². The Bertz CT molecular complexity index is 1370. The van der Waals surface area contributed by atoms with Crippen LogP contribution in [-0.2, 0) is 14.3 Å².